The number of benzene rings is 1. The van der Waals surface area contributed by atoms with Crippen LogP contribution in [0.25, 0.3) is 0 Å². The largest absolute Gasteiger partial charge is 0.480 e. The Morgan fingerprint density at radius 1 is 1.50 bits per heavy atom. The number of nitrogens with zero attached hydrogens (tertiary/aromatic N) is 2. The van der Waals surface area contributed by atoms with Gasteiger partial charge in [-0.2, -0.15) is 9.57 Å². The normalized spacial score (nSPS) is 11.2. The lowest BCUT2D eigenvalue weighted by molar-refractivity contribution is -0.137. The van der Waals surface area contributed by atoms with Crippen molar-refractivity contribution in [3.05, 3.63) is 29.3 Å². The molecule has 6 nitrogen and oxygen atoms in total. The molecule has 7 heteroatoms. The van der Waals surface area contributed by atoms with E-state index in [0.29, 0.717) is 11.1 Å². The topological polar surface area (TPSA) is 98.5 Å². The molecule has 0 atom stereocenters. The van der Waals surface area contributed by atoms with E-state index in [1.54, 1.807) is 6.92 Å². The first-order valence-corrected chi connectivity index (χ1v) is 6.42. The standard InChI is InChI=1S/C11H12N2O4S/c1-8-5-9(6-12)3-4-10(8)18(16,17)13(2)7-11(14)15/h3-5H,7H2,1-2H3,(H,14,15). The van der Waals surface area contributed by atoms with Crippen LogP contribution in [0.1, 0.15) is 11.1 Å². The summed E-state index contributed by atoms with van der Waals surface area (Å²) < 4.78 is 24.9. The lowest BCUT2D eigenvalue weighted by Crippen LogP contribution is -2.32. The van der Waals surface area contributed by atoms with Gasteiger partial charge in [-0.15, -0.1) is 0 Å². The minimum absolute atomic E-state index is 0.00486. The molecule has 0 radical (unpaired) electrons. The number of carboxylic acid groups (broad SMARTS) is 1. The van der Waals surface area contributed by atoms with Gasteiger partial charge in [0.15, 0.2) is 0 Å². The maximum Gasteiger partial charge on any atom is 0.318 e. The maximum absolute atomic E-state index is 12.1. The van der Waals surface area contributed by atoms with Crippen molar-refractivity contribution in [1.82, 2.24) is 4.31 Å². The predicted octanol–water partition coefficient (Wildman–Crippen LogP) is 0.572. The maximum atomic E-state index is 12.1. The van der Waals surface area contributed by atoms with Crippen molar-refractivity contribution in [2.45, 2.75) is 11.8 Å². The first-order chi connectivity index (χ1) is 8.28. The highest BCUT2D eigenvalue weighted by Crippen LogP contribution is 2.19. The summed E-state index contributed by atoms with van der Waals surface area (Å²) in [7, 11) is -2.65. The molecule has 18 heavy (non-hydrogen) atoms. The van der Waals surface area contributed by atoms with E-state index in [9.17, 15) is 13.2 Å². The fourth-order valence-corrected chi connectivity index (χ4v) is 2.77. The zero-order valence-corrected chi connectivity index (χ0v) is 10.7. The Bertz CT molecular complexity index is 616. The van der Waals surface area contributed by atoms with Gasteiger partial charge in [-0.25, -0.2) is 8.42 Å². The van der Waals surface area contributed by atoms with E-state index in [1.165, 1.54) is 25.2 Å². The summed E-state index contributed by atoms with van der Waals surface area (Å²) in [4.78, 5) is 10.5. The average Bonchev–Trinajstić information content (AvgIpc) is 2.27. The lowest BCUT2D eigenvalue weighted by Gasteiger charge is -2.16. The quantitative estimate of drug-likeness (QED) is 0.860. The monoisotopic (exact) mass is 268 g/mol. The van der Waals surface area contributed by atoms with Gasteiger partial charge in [0.2, 0.25) is 10.0 Å². The number of likely N-dealkylation sites (N-methyl/N-ethyl adjacent to an activating group) is 1. The highest BCUT2D eigenvalue weighted by molar-refractivity contribution is 7.89. The molecule has 0 fully saturated rings. The van der Waals surface area contributed by atoms with Gasteiger partial charge in [0, 0.05) is 7.05 Å². The third-order valence-electron chi connectivity index (χ3n) is 2.35. The van der Waals surface area contributed by atoms with E-state index in [1.807, 2.05) is 6.07 Å². The summed E-state index contributed by atoms with van der Waals surface area (Å²) in [6, 6.07) is 6.04. The first-order valence-electron chi connectivity index (χ1n) is 4.98. The van der Waals surface area contributed by atoms with Crippen LogP contribution in [0.4, 0.5) is 0 Å². The fraction of sp³-hybridized carbons (Fsp3) is 0.273. The van der Waals surface area contributed by atoms with Crippen LogP contribution < -0.4 is 0 Å². The first kappa shape index (κ1) is 14.2. The summed E-state index contributed by atoms with van der Waals surface area (Å²) >= 11 is 0. The summed E-state index contributed by atoms with van der Waals surface area (Å²) in [5.74, 6) is -1.23. The SMILES string of the molecule is Cc1cc(C#N)ccc1S(=O)(=O)N(C)CC(=O)O. The number of aryl methyl sites for hydroxylation is 1. The molecule has 1 rings (SSSR count). The van der Waals surface area contributed by atoms with Crippen molar-refractivity contribution in [3.63, 3.8) is 0 Å². The van der Waals surface area contributed by atoms with Gasteiger partial charge in [0.25, 0.3) is 0 Å². The van der Waals surface area contributed by atoms with Crippen molar-refractivity contribution in [2.75, 3.05) is 13.6 Å². The summed E-state index contributed by atoms with van der Waals surface area (Å²) in [5, 5.41) is 17.3. The number of sulfonamides is 1. The zero-order valence-electron chi connectivity index (χ0n) is 9.91. The third kappa shape index (κ3) is 2.85. The van der Waals surface area contributed by atoms with Crippen molar-refractivity contribution in [3.8, 4) is 6.07 Å². The predicted molar refractivity (Wildman–Crippen MR) is 63.3 cm³/mol. The molecule has 96 valence electrons. The van der Waals surface area contributed by atoms with Gasteiger partial charge in [0.05, 0.1) is 16.5 Å². The zero-order chi connectivity index (χ0) is 13.9. The molecule has 0 aliphatic heterocycles. The highest BCUT2D eigenvalue weighted by atomic mass is 32.2. The summed E-state index contributed by atoms with van der Waals surface area (Å²) in [5.41, 5.74) is 0.763. The van der Waals surface area contributed by atoms with Gasteiger partial charge < -0.3 is 5.11 Å². The van der Waals surface area contributed by atoms with Crippen LogP contribution in [0.5, 0.6) is 0 Å². The van der Waals surface area contributed by atoms with Crippen LogP contribution in [0, 0.1) is 18.3 Å². The number of carboxylic acids is 1. The Balaban J connectivity index is 3.21. The van der Waals surface area contributed by atoms with Crippen LogP contribution in [0.3, 0.4) is 0 Å². The highest BCUT2D eigenvalue weighted by Gasteiger charge is 2.24. The fourth-order valence-electron chi connectivity index (χ4n) is 1.45. The van der Waals surface area contributed by atoms with Crippen LogP contribution in [0.15, 0.2) is 23.1 Å². The van der Waals surface area contributed by atoms with Crippen molar-refractivity contribution >= 4 is 16.0 Å². The molecule has 1 N–H and O–H groups in total. The third-order valence-corrected chi connectivity index (χ3v) is 4.31. The number of nitriles is 1. The van der Waals surface area contributed by atoms with E-state index in [-0.39, 0.29) is 4.90 Å². The number of carbonyl (C=O) groups is 1. The van der Waals surface area contributed by atoms with Crippen molar-refractivity contribution in [1.29, 1.82) is 5.26 Å². The van der Waals surface area contributed by atoms with E-state index in [0.717, 1.165) is 4.31 Å². The lowest BCUT2D eigenvalue weighted by atomic mass is 10.2. The molecular weight excluding hydrogens is 256 g/mol. The van der Waals surface area contributed by atoms with Crippen LogP contribution in [-0.4, -0.2) is 37.4 Å². The average molecular weight is 268 g/mol. The molecule has 0 heterocycles. The van der Waals surface area contributed by atoms with Crippen molar-refractivity contribution in [2.24, 2.45) is 0 Å². The summed E-state index contributed by atoms with van der Waals surface area (Å²) in [6.45, 7) is 0.949. The number of hydrogen-bond acceptors (Lipinski definition) is 4. The molecule has 0 unspecified atom stereocenters. The smallest absolute Gasteiger partial charge is 0.318 e. The Kier molecular flexibility index (Phi) is 4.06. The minimum atomic E-state index is -3.85. The molecule has 0 aromatic heterocycles. The van der Waals surface area contributed by atoms with Gasteiger partial charge in [-0.05, 0) is 30.7 Å². The number of aliphatic carboxylic acids is 1. The van der Waals surface area contributed by atoms with Crippen LogP contribution in [0.2, 0.25) is 0 Å². The number of rotatable bonds is 4. The van der Waals surface area contributed by atoms with Gasteiger partial charge >= 0.3 is 5.97 Å². The van der Waals surface area contributed by atoms with Crippen LogP contribution >= 0.6 is 0 Å². The van der Waals surface area contributed by atoms with Gasteiger partial charge in [0.1, 0.15) is 6.54 Å². The van der Waals surface area contributed by atoms with Crippen molar-refractivity contribution < 1.29 is 18.3 Å². The molecule has 0 aliphatic rings. The Morgan fingerprint density at radius 3 is 2.56 bits per heavy atom. The van der Waals surface area contributed by atoms with E-state index in [4.69, 9.17) is 10.4 Å². The molecule has 0 saturated heterocycles. The van der Waals surface area contributed by atoms with E-state index >= 15 is 0 Å². The molecule has 1 aromatic carbocycles. The molecule has 0 saturated carbocycles. The second kappa shape index (κ2) is 5.16. The molecule has 0 aliphatic carbocycles. The van der Waals surface area contributed by atoms with Gasteiger partial charge in [-0.3, -0.25) is 4.79 Å². The second-order valence-electron chi connectivity index (χ2n) is 3.75. The molecule has 0 bridgehead atoms. The molecule has 0 spiro atoms. The number of hydrogen-bond donors (Lipinski definition) is 1. The molecule has 0 amide bonds. The Hall–Kier alpha value is -1.91. The molecule has 1 aromatic rings. The van der Waals surface area contributed by atoms with Gasteiger partial charge in [-0.1, -0.05) is 0 Å². The Labute approximate surface area is 105 Å². The van der Waals surface area contributed by atoms with Crippen LogP contribution in [-0.2, 0) is 14.8 Å². The van der Waals surface area contributed by atoms with E-state index in [2.05, 4.69) is 0 Å². The second-order valence-corrected chi connectivity index (χ2v) is 5.76. The van der Waals surface area contributed by atoms with E-state index < -0.39 is 22.5 Å². The minimum Gasteiger partial charge on any atom is -0.480 e. The molecular formula is C11H12N2O4S. The Morgan fingerprint density at radius 2 is 2.11 bits per heavy atom. The summed E-state index contributed by atoms with van der Waals surface area (Å²) in [6.07, 6.45) is 0.